The second kappa shape index (κ2) is 11.0. The molecule has 3 atom stereocenters. The highest BCUT2D eigenvalue weighted by Gasteiger charge is 2.28. The number of carbonyl (C=O) groups excluding carboxylic acids is 3. The molecule has 0 aromatic heterocycles. The summed E-state index contributed by atoms with van der Waals surface area (Å²) in [5, 5.41) is 32.3. The number of aliphatic hydroxyl groups is 2. The molecule has 0 bridgehead atoms. The standard InChI is InChI=1S/C23H25N3O5/c1-14(27)16-11-17(22(25)30)13-18(12-16)23(31)26-19(10-15-6-3-2-4-7-15)21(29)20(28)8-5-9-24/h2-4,6-7,11-13,19-21,28-29H,5,8,10H2,1H3,(H2,25,30)(H,26,31). The van der Waals surface area contributed by atoms with Crippen LogP contribution in [0.25, 0.3) is 0 Å². The molecular weight excluding hydrogens is 398 g/mol. The van der Waals surface area contributed by atoms with Crippen LogP contribution >= 0.6 is 0 Å². The first kappa shape index (κ1) is 23.7. The van der Waals surface area contributed by atoms with Gasteiger partial charge < -0.3 is 21.3 Å². The van der Waals surface area contributed by atoms with Crippen LogP contribution in [0, 0.1) is 11.3 Å². The van der Waals surface area contributed by atoms with Crippen molar-refractivity contribution in [1.29, 1.82) is 5.26 Å². The molecule has 0 fully saturated rings. The first-order chi connectivity index (χ1) is 14.7. The van der Waals surface area contributed by atoms with Crippen molar-refractivity contribution in [2.45, 2.75) is 44.4 Å². The number of nitrogens with zero attached hydrogens (tertiary/aromatic N) is 1. The van der Waals surface area contributed by atoms with E-state index in [0.717, 1.165) is 5.56 Å². The first-order valence-electron chi connectivity index (χ1n) is 9.76. The molecule has 162 valence electrons. The minimum Gasteiger partial charge on any atom is -0.390 e. The zero-order valence-electron chi connectivity index (χ0n) is 17.1. The molecule has 31 heavy (non-hydrogen) atoms. The molecule has 0 heterocycles. The van der Waals surface area contributed by atoms with Crippen LogP contribution in [0.4, 0.5) is 0 Å². The fourth-order valence-electron chi connectivity index (χ4n) is 3.13. The Morgan fingerprint density at radius 2 is 1.68 bits per heavy atom. The minimum absolute atomic E-state index is 0.00654. The van der Waals surface area contributed by atoms with Crippen LogP contribution in [-0.4, -0.2) is 46.1 Å². The minimum atomic E-state index is -1.34. The predicted molar refractivity (Wildman–Crippen MR) is 113 cm³/mol. The van der Waals surface area contributed by atoms with Crippen LogP contribution in [0.1, 0.15) is 56.4 Å². The second-order valence-electron chi connectivity index (χ2n) is 7.24. The molecule has 2 aromatic rings. The van der Waals surface area contributed by atoms with Gasteiger partial charge >= 0.3 is 0 Å². The average Bonchev–Trinajstić information content (AvgIpc) is 2.76. The van der Waals surface area contributed by atoms with Crippen molar-refractivity contribution in [2.75, 3.05) is 0 Å². The van der Waals surface area contributed by atoms with Gasteiger partial charge in [0.2, 0.25) is 5.91 Å². The summed E-state index contributed by atoms with van der Waals surface area (Å²) in [4.78, 5) is 36.3. The van der Waals surface area contributed by atoms with Gasteiger partial charge in [0.1, 0.15) is 6.10 Å². The number of nitriles is 1. The zero-order valence-corrected chi connectivity index (χ0v) is 17.1. The normalized spacial score (nSPS) is 13.5. The van der Waals surface area contributed by atoms with Crippen LogP contribution in [0.15, 0.2) is 48.5 Å². The molecule has 2 rings (SSSR count). The number of rotatable bonds is 10. The molecule has 3 unspecified atom stereocenters. The highest BCUT2D eigenvalue weighted by molar-refractivity contribution is 6.04. The molecule has 2 aromatic carbocycles. The first-order valence-corrected chi connectivity index (χ1v) is 9.76. The summed E-state index contributed by atoms with van der Waals surface area (Å²) >= 11 is 0. The quantitative estimate of drug-likeness (QED) is 0.423. The van der Waals surface area contributed by atoms with Crippen LogP contribution in [0.5, 0.6) is 0 Å². The van der Waals surface area contributed by atoms with E-state index in [0.29, 0.717) is 0 Å². The third-order valence-electron chi connectivity index (χ3n) is 4.86. The summed E-state index contributed by atoms with van der Waals surface area (Å²) in [5.74, 6) is -1.77. The topological polar surface area (TPSA) is 154 Å². The molecule has 5 N–H and O–H groups in total. The lowest BCUT2D eigenvalue weighted by molar-refractivity contribution is -0.00642. The number of benzene rings is 2. The van der Waals surface area contributed by atoms with E-state index >= 15 is 0 Å². The largest absolute Gasteiger partial charge is 0.390 e. The molecule has 8 heteroatoms. The number of Topliss-reactive ketones (excluding diaryl/α,β-unsaturated/α-hetero) is 1. The molecular formula is C23H25N3O5. The van der Waals surface area contributed by atoms with Gasteiger partial charge in [-0.3, -0.25) is 14.4 Å². The van der Waals surface area contributed by atoms with E-state index in [1.165, 1.54) is 25.1 Å². The number of aliphatic hydroxyl groups excluding tert-OH is 2. The number of amides is 2. The zero-order chi connectivity index (χ0) is 23.0. The van der Waals surface area contributed by atoms with Crippen molar-refractivity contribution in [3.05, 3.63) is 70.8 Å². The smallest absolute Gasteiger partial charge is 0.251 e. The molecule has 0 aliphatic rings. The maximum absolute atomic E-state index is 12.9. The molecule has 0 aliphatic carbocycles. The molecule has 0 saturated carbocycles. The van der Waals surface area contributed by atoms with E-state index in [1.54, 1.807) is 0 Å². The number of carbonyl (C=O) groups is 3. The monoisotopic (exact) mass is 423 g/mol. The van der Waals surface area contributed by atoms with Crippen LogP contribution in [0.3, 0.4) is 0 Å². The van der Waals surface area contributed by atoms with Crippen molar-refractivity contribution in [3.8, 4) is 6.07 Å². The molecule has 2 amide bonds. The fourth-order valence-corrected chi connectivity index (χ4v) is 3.13. The van der Waals surface area contributed by atoms with E-state index in [9.17, 15) is 24.6 Å². The summed E-state index contributed by atoms with van der Waals surface area (Å²) in [6, 6.07) is 14.0. The Kier molecular flexibility index (Phi) is 8.43. The van der Waals surface area contributed by atoms with Gasteiger partial charge in [0.05, 0.1) is 18.2 Å². The van der Waals surface area contributed by atoms with Crippen molar-refractivity contribution >= 4 is 17.6 Å². The van der Waals surface area contributed by atoms with Crippen LogP contribution in [0.2, 0.25) is 0 Å². The molecule has 0 radical (unpaired) electrons. The van der Waals surface area contributed by atoms with Crippen LogP contribution < -0.4 is 11.1 Å². The van der Waals surface area contributed by atoms with Crippen molar-refractivity contribution in [3.63, 3.8) is 0 Å². The lowest BCUT2D eigenvalue weighted by Crippen LogP contribution is -2.49. The number of primary amides is 1. The van der Waals surface area contributed by atoms with Gasteiger partial charge in [0.25, 0.3) is 5.91 Å². The summed E-state index contributed by atoms with van der Waals surface area (Å²) in [7, 11) is 0. The Morgan fingerprint density at radius 1 is 1.06 bits per heavy atom. The maximum atomic E-state index is 12.9. The maximum Gasteiger partial charge on any atom is 0.251 e. The Bertz CT molecular complexity index is 952. The van der Waals surface area contributed by atoms with Gasteiger partial charge in [-0.2, -0.15) is 5.26 Å². The lowest BCUT2D eigenvalue weighted by atomic mass is 9.95. The number of nitrogens with one attached hydrogen (secondary N) is 1. The van der Waals surface area contributed by atoms with E-state index in [4.69, 9.17) is 11.0 Å². The fraction of sp³-hybridized carbons (Fsp3) is 0.304. The number of hydrogen-bond acceptors (Lipinski definition) is 6. The Labute approximate surface area is 180 Å². The van der Waals surface area contributed by atoms with Crippen LogP contribution in [-0.2, 0) is 6.42 Å². The second-order valence-corrected chi connectivity index (χ2v) is 7.24. The van der Waals surface area contributed by atoms with Gasteiger partial charge in [0.15, 0.2) is 5.78 Å². The van der Waals surface area contributed by atoms with Gasteiger partial charge in [-0.1, -0.05) is 30.3 Å². The van der Waals surface area contributed by atoms with Gasteiger partial charge in [-0.15, -0.1) is 0 Å². The highest BCUT2D eigenvalue weighted by atomic mass is 16.3. The Hall–Kier alpha value is -3.54. The summed E-state index contributed by atoms with van der Waals surface area (Å²) in [6.45, 7) is 1.30. The van der Waals surface area contributed by atoms with Gasteiger partial charge in [-0.05, 0) is 43.5 Å². The van der Waals surface area contributed by atoms with Crippen molar-refractivity contribution in [1.82, 2.24) is 5.32 Å². The van der Waals surface area contributed by atoms with Gasteiger partial charge in [0, 0.05) is 23.1 Å². The Balaban J connectivity index is 2.32. The third-order valence-corrected chi connectivity index (χ3v) is 4.86. The Morgan fingerprint density at radius 3 is 2.26 bits per heavy atom. The predicted octanol–water partition coefficient (Wildman–Crippen LogP) is 1.35. The average molecular weight is 423 g/mol. The molecule has 8 nitrogen and oxygen atoms in total. The molecule has 0 aliphatic heterocycles. The van der Waals surface area contributed by atoms with E-state index in [2.05, 4.69) is 5.32 Å². The van der Waals surface area contributed by atoms with Gasteiger partial charge in [-0.25, -0.2) is 0 Å². The number of nitrogens with two attached hydrogens (primary N) is 1. The molecule has 0 saturated heterocycles. The third kappa shape index (κ3) is 6.74. The lowest BCUT2D eigenvalue weighted by Gasteiger charge is -2.28. The number of hydrogen-bond donors (Lipinski definition) is 4. The van der Waals surface area contributed by atoms with Crippen molar-refractivity contribution < 1.29 is 24.6 Å². The van der Waals surface area contributed by atoms with E-state index in [1.807, 2.05) is 36.4 Å². The molecule has 0 spiro atoms. The van der Waals surface area contributed by atoms with E-state index < -0.39 is 30.1 Å². The summed E-state index contributed by atoms with van der Waals surface area (Å²) in [6.07, 6.45) is -2.26. The SMILES string of the molecule is CC(=O)c1cc(C(N)=O)cc(C(=O)NC(Cc2ccccc2)C(O)C(O)CCC#N)c1. The summed E-state index contributed by atoms with van der Waals surface area (Å²) in [5.41, 5.74) is 6.30. The summed E-state index contributed by atoms with van der Waals surface area (Å²) < 4.78 is 0. The van der Waals surface area contributed by atoms with E-state index in [-0.39, 0.29) is 41.7 Å². The van der Waals surface area contributed by atoms with Crippen molar-refractivity contribution in [2.24, 2.45) is 5.73 Å². The number of ketones is 1. The highest BCUT2D eigenvalue weighted by Crippen LogP contribution is 2.15.